The molecule has 156 valence electrons. The van der Waals surface area contributed by atoms with Gasteiger partial charge < -0.3 is 5.32 Å². The van der Waals surface area contributed by atoms with Crippen LogP contribution in [0.15, 0.2) is 53.4 Å². The normalized spacial score (nSPS) is 20.9. The van der Waals surface area contributed by atoms with Crippen LogP contribution in [-0.4, -0.2) is 31.7 Å². The molecule has 2 fully saturated rings. The highest BCUT2D eigenvalue weighted by atomic mass is 32.2. The minimum Gasteiger partial charge on any atom is -0.326 e. The van der Waals surface area contributed by atoms with Crippen LogP contribution in [-0.2, 0) is 20.2 Å². The Morgan fingerprint density at radius 3 is 2.40 bits per heavy atom. The molecule has 1 aliphatic carbocycles. The zero-order valence-corrected chi connectivity index (χ0v) is 17.8. The van der Waals surface area contributed by atoms with Crippen LogP contribution in [0.4, 0.5) is 5.69 Å². The van der Waals surface area contributed by atoms with E-state index in [1.807, 2.05) is 31.2 Å². The molecule has 1 N–H and O–H groups in total. The SMILES string of the molecule is Cc1ccc(S(=O)(=O)N2CCC[C@@H](C(=O)Nc3ccc(C4(C#N)CC4)cc3)C2)cc1. The molecule has 4 rings (SSSR count). The zero-order valence-electron chi connectivity index (χ0n) is 17.0. The maximum absolute atomic E-state index is 13.0. The van der Waals surface area contributed by atoms with Gasteiger partial charge in [-0.25, -0.2) is 8.42 Å². The van der Waals surface area contributed by atoms with E-state index in [9.17, 15) is 18.5 Å². The Morgan fingerprint density at radius 2 is 1.80 bits per heavy atom. The molecule has 1 saturated carbocycles. The fourth-order valence-corrected chi connectivity index (χ4v) is 5.46. The molecule has 0 bridgehead atoms. The van der Waals surface area contributed by atoms with E-state index in [4.69, 9.17) is 0 Å². The van der Waals surface area contributed by atoms with Gasteiger partial charge in [0, 0.05) is 18.8 Å². The Bertz CT molecular complexity index is 1080. The van der Waals surface area contributed by atoms with Gasteiger partial charge in [0.1, 0.15) is 0 Å². The van der Waals surface area contributed by atoms with Crippen LogP contribution in [0.25, 0.3) is 0 Å². The van der Waals surface area contributed by atoms with Gasteiger partial charge >= 0.3 is 0 Å². The lowest BCUT2D eigenvalue weighted by molar-refractivity contribution is -0.120. The quantitative estimate of drug-likeness (QED) is 0.796. The van der Waals surface area contributed by atoms with Crippen LogP contribution >= 0.6 is 0 Å². The number of hydrogen-bond acceptors (Lipinski definition) is 4. The van der Waals surface area contributed by atoms with Gasteiger partial charge in [-0.1, -0.05) is 29.8 Å². The van der Waals surface area contributed by atoms with E-state index in [0.29, 0.717) is 25.1 Å². The first kappa shape index (κ1) is 20.6. The molecular weight excluding hydrogens is 398 g/mol. The van der Waals surface area contributed by atoms with Crippen molar-refractivity contribution in [1.82, 2.24) is 4.31 Å². The van der Waals surface area contributed by atoms with Crippen molar-refractivity contribution in [2.24, 2.45) is 5.92 Å². The highest BCUT2D eigenvalue weighted by Gasteiger charge is 2.44. The van der Waals surface area contributed by atoms with Gasteiger partial charge in [-0.2, -0.15) is 9.57 Å². The maximum atomic E-state index is 13.0. The Balaban J connectivity index is 1.42. The number of aryl methyl sites for hydroxylation is 1. The fraction of sp³-hybridized carbons (Fsp3) is 0.391. The fourth-order valence-electron chi connectivity index (χ4n) is 3.94. The number of amides is 1. The van der Waals surface area contributed by atoms with E-state index < -0.39 is 15.9 Å². The number of nitrogens with zero attached hydrogens (tertiary/aromatic N) is 2. The first-order valence-electron chi connectivity index (χ1n) is 10.2. The molecule has 2 aromatic carbocycles. The number of piperidine rings is 1. The second-order valence-corrected chi connectivity index (χ2v) is 10.2. The topological polar surface area (TPSA) is 90.3 Å². The molecule has 1 saturated heterocycles. The number of hydrogen-bond donors (Lipinski definition) is 1. The summed E-state index contributed by atoms with van der Waals surface area (Å²) in [6, 6.07) is 16.6. The summed E-state index contributed by atoms with van der Waals surface area (Å²) in [5, 5.41) is 12.2. The Labute approximate surface area is 177 Å². The van der Waals surface area contributed by atoms with Crippen LogP contribution in [0, 0.1) is 24.2 Å². The first-order valence-corrected chi connectivity index (χ1v) is 11.7. The van der Waals surface area contributed by atoms with Crippen LogP contribution in [0.3, 0.4) is 0 Å². The van der Waals surface area contributed by atoms with Crippen molar-refractivity contribution >= 4 is 21.6 Å². The van der Waals surface area contributed by atoms with E-state index in [-0.39, 0.29) is 22.8 Å². The van der Waals surface area contributed by atoms with Crippen molar-refractivity contribution in [2.75, 3.05) is 18.4 Å². The zero-order chi connectivity index (χ0) is 21.4. The average Bonchev–Trinajstić information content (AvgIpc) is 3.56. The van der Waals surface area contributed by atoms with Gasteiger partial charge in [-0.3, -0.25) is 4.79 Å². The molecule has 7 heteroatoms. The summed E-state index contributed by atoms with van der Waals surface area (Å²) in [6.45, 7) is 2.51. The van der Waals surface area contributed by atoms with Crippen LogP contribution in [0.2, 0.25) is 0 Å². The van der Waals surface area contributed by atoms with Gasteiger partial charge in [0.25, 0.3) is 0 Å². The molecule has 1 heterocycles. The standard InChI is InChI=1S/C23H25N3O3S/c1-17-4-10-21(11-5-17)30(28,29)26-14-2-3-18(15-26)22(27)25-20-8-6-19(7-9-20)23(16-24)12-13-23/h4-11,18H,2-3,12-15H2,1H3,(H,25,27)/t18-/m1/s1. The Kier molecular flexibility index (Phi) is 5.39. The summed E-state index contributed by atoms with van der Waals surface area (Å²) in [4.78, 5) is 13.0. The molecule has 0 aromatic heterocycles. The monoisotopic (exact) mass is 423 g/mol. The van der Waals surface area contributed by atoms with Gasteiger partial charge in [-0.15, -0.1) is 0 Å². The van der Waals surface area contributed by atoms with Crippen molar-refractivity contribution in [1.29, 1.82) is 5.26 Å². The summed E-state index contributed by atoms with van der Waals surface area (Å²) < 4.78 is 27.3. The minimum absolute atomic E-state index is 0.173. The highest BCUT2D eigenvalue weighted by molar-refractivity contribution is 7.89. The Hall–Kier alpha value is -2.69. The molecule has 0 spiro atoms. The summed E-state index contributed by atoms with van der Waals surface area (Å²) in [5.74, 6) is -0.569. The maximum Gasteiger partial charge on any atom is 0.243 e. The molecule has 0 radical (unpaired) electrons. The van der Waals surface area contributed by atoms with Gasteiger partial charge in [0.2, 0.25) is 15.9 Å². The number of benzene rings is 2. The predicted molar refractivity (Wildman–Crippen MR) is 114 cm³/mol. The average molecular weight is 424 g/mol. The Morgan fingerprint density at radius 1 is 1.13 bits per heavy atom. The van der Waals surface area contributed by atoms with Crippen molar-refractivity contribution in [2.45, 2.75) is 42.9 Å². The van der Waals surface area contributed by atoms with Crippen LogP contribution < -0.4 is 5.32 Å². The molecule has 1 aliphatic heterocycles. The number of sulfonamides is 1. The highest BCUT2D eigenvalue weighted by Crippen LogP contribution is 2.47. The second kappa shape index (κ2) is 7.86. The number of rotatable bonds is 5. The van der Waals surface area contributed by atoms with Crippen molar-refractivity contribution < 1.29 is 13.2 Å². The molecule has 0 unspecified atom stereocenters. The minimum atomic E-state index is -3.61. The lowest BCUT2D eigenvalue weighted by atomic mass is 9.97. The van der Waals surface area contributed by atoms with E-state index >= 15 is 0 Å². The van der Waals surface area contributed by atoms with Crippen LogP contribution in [0.1, 0.15) is 36.8 Å². The van der Waals surface area contributed by atoms with E-state index in [1.165, 1.54) is 4.31 Å². The largest absolute Gasteiger partial charge is 0.326 e. The van der Waals surface area contributed by atoms with Gasteiger partial charge in [0.05, 0.1) is 22.3 Å². The molecule has 1 amide bonds. The van der Waals surface area contributed by atoms with E-state index in [1.54, 1.807) is 24.3 Å². The number of carbonyl (C=O) groups is 1. The third kappa shape index (κ3) is 3.98. The third-order valence-electron chi connectivity index (χ3n) is 6.08. The van der Waals surface area contributed by atoms with Gasteiger partial charge in [-0.05, 0) is 62.4 Å². The lowest BCUT2D eigenvalue weighted by Crippen LogP contribution is -2.43. The molecule has 2 aromatic rings. The summed E-state index contributed by atoms with van der Waals surface area (Å²) in [5.41, 5.74) is 2.29. The first-order chi connectivity index (χ1) is 14.3. The summed E-state index contributed by atoms with van der Waals surface area (Å²) in [7, 11) is -3.61. The van der Waals surface area contributed by atoms with E-state index in [2.05, 4.69) is 11.4 Å². The van der Waals surface area contributed by atoms with Crippen molar-refractivity contribution in [3.63, 3.8) is 0 Å². The summed E-state index contributed by atoms with van der Waals surface area (Å²) in [6.07, 6.45) is 3.05. The second-order valence-electron chi connectivity index (χ2n) is 8.28. The molecule has 6 nitrogen and oxygen atoms in total. The summed E-state index contributed by atoms with van der Waals surface area (Å²) >= 11 is 0. The van der Waals surface area contributed by atoms with E-state index in [0.717, 1.165) is 24.0 Å². The number of carbonyl (C=O) groups excluding carboxylic acids is 1. The predicted octanol–water partition coefficient (Wildman–Crippen LogP) is 3.59. The lowest BCUT2D eigenvalue weighted by Gasteiger charge is -2.31. The molecular formula is C23H25N3O3S. The number of nitrogens with one attached hydrogen (secondary N) is 1. The smallest absolute Gasteiger partial charge is 0.243 e. The third-order valence-corrected chi connectivity index (χ3v) is 7.96. The van der Waals surface area contributed by atoms with Crippen LogP contribution in [0.5, 0.6) is 0 Å². The molecule has 1 atom stereocenters. The van der Waals surface area contributed by atoms with Crippen molar-refractivity contribution in [3.05, 3.63) is 59.7 Å². The number of nitriles is 1. The van der Waals surface area contributed by atoms with Gasteiger partial charge in [0.15, 0.2) is 0 Å². The molecule has 2 aliphatic rings. The molecule has 30 heavy (non-hydrogen) atoms. The number of anilines is 1. The van der Waals surface area contributed by atoms with Crippen molar-refractivity contribution in [3.8, 4) is 6.07 Å².